The molecule has 4 nitrogen and oxygen atoms in total. The van der Waals surface area contributed by atoms with E-state index in [0.29, 0.717) is 22.3 Å². The Hall–Kier alpha value is -0.200. The summed E-state index contributed by atoms with van der Waals surface area (Å²) in [6.07, 6.45) is 1.14. The largest absolute Gasteiger partial charge is 0.338 e. The van der Waals surface area contributed by atoms with E-state index in [2.05, 4.69) is 30.9 Å². The number of thioether (sulfide) groups is 2. The number of rotatable bonds is 4. The molecule has 1 aromatic heterocycles. The van der Waals surface area contributed by atoms with Gasteiger partial charge >= 0.3 is 0 Å². The molecule has 18 heavy (non-hydrogen) atoms. The van der Waals surface area contributed by atoms with Crippen LogP contribution >= 0.6 is 23.5 Å². The minimum atomic E-state index is -0.160. The maximum Gasteiger partial charge on any atom is 0.243 e. The molecule has 1 saturated heterocycles. The lowest BCUT2D eigenvalue weighted by Crippen LogP contribution is -2.20. The number of hydrogen-bond acceptors (Lipinski definition) is 6. The molecule has 1 aliphatic rings. The first kappa shape index (κ1) is 14.2. The zero-order valence-corrected chi connectivity index (χ0v) is 12.8. The Bertz CT molecular complexity index is 383. The van der Waals surface area contributed by atoms with E-state index >= 15 is 0 Å². The second kappa shape index (κ2) is 6.30. The maximum absolute atomic E-state index is 6.04. The molecule has 2 N–H and O–H groups in total. The Balaban J connectivity index is 2.13. The topological polar surface area (TPSA) is 64.9 Å². The summed E-state index contributed by atoms with van der Waals surface area (Å²) < 4.78 is 5.33. The molecule has 2 rings (SSSR count). The Morgan fingerprint density at radius 2 is 2.11 bits per heavy atom. The molecular formula is C12H21N3OS2. The van der Waals surface area contributed by atoms with E-state index in [1.807, 2.05) is 23.5 Å². The lowest BCUT2D eigenvalue weighted by molar-refractivity contribution is 0.322. The molecule has 0 amide bonds. The van der Waals surface area contributed by atoms with Gasteiger partial charge in [-0.25, -0.2) is 0 Å². The zero-order chi connectivity index (χ0) is 13.1. The molecule has 0 saturated carbocycles. The molecule has 2 unspecified atom stereocenters. The summed E-state index contributed by atoms with van der Waals surface area (Å²) in [6, 6.07) is -0.160. The normalized spacial score (nSPS) is 26.5. The van der Waals surface area contributed by atoms with Crippen molar-refractivity contribution < 1.29 is 4.52 Å². The average Bonchev–Trinajstić information content (AvgIpc) is 2.87. The van der Waals surface area contributed by atoms with Gasteiger partial charge in [-0.15, -0.1) is 11.8 Å². The van der Waals surface area contributed by atoms with Crippen LogP contribution < -0.4 is 5.73 Å². The van der Waals surface area contributed by atoms with Gasteiger partial charge in [0.15, 0.2) is 5.82 Å². The van der Waals surface area contributed by atoms with E-state index in [1.165, 1.54) is 5.75 Å². The SMILES string of the molecule is CCC1SCCSC1c1noc([C@H](N)C(C)C)n1. The van der Waals surface area contributed by atoms with Crippen LogP contribution in [0.1, 0.15) is 50.2 Å². The number of nitrogens with two attached hydrogens (primary N) is 1. The molecule has 1 aromatic rings. The minimum absolute atomic E-state index is 0.160. The molecule has 1 aliphatic heterocycles. The zero-order valence-electron chi connectivity index (χ0n) is 11.1. The molecule has 1 fully saturated rings. The predicted molar refractivity (Wildman–Crippen MR) is 77.8 cm³/mol. The molecular weight excluding hydrogens is 266 g/mol. The minimum Gasteiger partial charge on any atom is -0.338 e. The second-order valence-electron chi connectivity index (χ2n) is 4.87. The van der Waals surface area contributed by atoms with Crippen LogP contribution in [-0.4, -0.2) is 26.9 Å². The van der Waals surface area contributed by atoms with Crippen LogP contribution in [0, 0.1) is 5.92 Å². The van der Waals surface area contributed by atoms with Crippen molar-refractivity contribution in [2.75, 3.05) is 11.5 Å². The highest BCUT2D eigenvalue weighted by Gasteiger charge is 2.31. The number of aromatic nitrogens is 2. The Morgan fingerprint density at radius 3 is 2.78 bits per heavy atom. The van der Waals surface area contributed by atoms with Gasteiger partial charge in [-0.3, -0.25) is 0 Å². The molecule has 3 atom stereocenters. The summed E-state index contributed by atoms with van der Waals surface area (Å²) in [4.78, 5) is 4.52. The van der Waals surface area contributed by atoms with E-state index in [9.17, 15) is 0 Å². The van der Waals surface area contributed by atoms with E-state index in [4.69, 9.17) is 10.3 Å². The van der Waals surface area contributed by atoms with Crippen LogP contribution in [0.3, 0.4) is 0 Å². The first-order chi connectivity index (χ1) is 8.63. The molecule has 0 aromatic carbocycles. The number of nitrogens with zero attached hydrogens (tertiary/aromatic N) is 2. The van der Waals surface area contributed by atoms with Gasteiger partial charge < -0.3 is 10.3 Å². The molecule has 0 bridgehead atoms. The van der Waals surface area contributed by atoms with Crippen molar-refractivity contribution in [3.05, 3.63) is 11.7 Å². The smallest absolute Gasteiger partial charge is 0.243 e. The van der Waals surface area contributed by atoms with Crippen molar-refractivity contribution in [2.45, 2.75) is 43.7 Å². The maximum atomic E-state index is 6.04. The molecule has 0 spiro atoms. The van der Waals surface area contributed by atoms with Gasteiger partial charge in [0.2, 0.25) is 5.89 Å². The standard InChI is InChI=1S/C12H21N3OS2/c1-4-8-10(18-6-5-17-8)11-14-12(16-15-11)9(13)7(2)3/h7-10H,4-6,13H2,1-3H3/t8?,9-,10?/m1/s1. The Kier molecular flexibility index (Phi) is 4.98. The first-order valence-electron chi connectivity index (χ1n) is 6.45. The van der Waals surface area contributed by atoms with Crippen LogP contribution in [-0.2, 0) is 0 Å². The first-order valence-corrected chi connectivity index (χ1v) is 8.55. The third-order valence-corrected chi connectivity index (χ3v) is 6.41. The van der Waals surface area contributed by atoms with Crippen molar-refractivity contribution in [1.29, 1.82) is 0 Å². The molecule has 0 radical (unpaired) electrons. The summed E-state index contributed by atoms with van der Waals surface area (Å²) in [6.45, 7) is 6.35. The summed E-state index contributed by atoms with van der Waals surface area (Å²) in [5.74, 6) is 4.09. The fourth-order valence-corrected chi connectivity index (χ4v) is 4.91. The fraction of sp³-hybridized carbons (Fsp3) is 0.833. The van der Waals surface area contributed by atoms with Crippen LogP contribution in [0.5, 0.6) is 0 Å². The Labute approximate surface area is 117 Å². The van der Waals surface area contributed by atoms with Crippen molar-refractivity contribution in [3.8, 4) is 0 Å². The summed E-state index contributed by atoms with van der Waals surface area (Å²) >= 11 is 3.95. The molecule has 6 heteroatoms. The highest BCUT2D eigenvalue weighted by atomic mass is 32.2. The molecule has 0 aliphatic carbocycles. The quantitative estimate of drug-likeness (QED) is 0.918. The van der Waals surface area contributed by atoms with Gasteiger partial charge in [0.25, 0.3) is 0 Å². The van der Waals surface area contributed by atoms with Gasteiger partial charge in [0.1, 0.15) is 0 Å². The average molecular weight is 287 g/mol. The van der Waals surface area contributed by atoms with Gasteiger partial charge in [0, 0.05) is 16.8 Å². The van der Waals surface area contributed by atoms with Crippen molar-refractivity contribution in [3.63, 3.8) is 0 Å². The fourth-order valence-electron chi connectivity index (χ4n) is 1.93. The van der Waals surface area contributed by atoms with Gasteiger partial charge in [0.05, 0.1) is 11.3 Å². The second-order valence-corrected chi connectivity index (χ2v) is 7.47. The summed E-state index contributed by atoms with van der Waals surface area (Å²) in [5, 5.41) is 5.08. The third-order valence-electron chi connectivity index (χ3n) is 3.17. The van der Waals surface area contributed by atoms with Crippen molar-refractivity contribution in [2.24, 2.45) is 11.7 Å². The van der Waals surface area contributed by atoms with Gasteiger partial charge in [-0.1, -0.05) is 25.9 Å². The van der Waals surface area contributed by atoms with Crippen LogP contribution in [0.2, 0.25) is 0 Å². The third kappa shape index (κ3) is 3.03. The highest BCUT2D eigenvalue weighted by Crippen LogP contribution is 2.43. The lowest BCUT2D eigenvalue weighted by atomic mass is 10.1. The van der Waals surface area contributed by atoms with E-state index in [-0.39, 0.29) is 6.04 Å². The van der Waals surface area contributed by atoms with E-state index < -0.39 is 0 Å². The summed E-state index contributed by atoms with van der Waals surface area (Å²) in [5.41, 5.74) is 6.04. The van der Waals surface area contributed by atoms with Crippen LogP contribution in [0.4, 0.5) is 0 Å². The van der Waals surface area contributed by atoms with E-state index in [1.54, 1.807) is 0 Å². The van der Waals surface area contributed by atoms with Crippen molar-refractivity contribution in [1.82, 2.24) is 10.1 Å². The molecule has 2 heterocycles. The van der Waals surface area contributed by atoms with Crippen LogP contribution in [0.15, 0.2) is 4.52 Å². The van der Waals surface area contributed by atoms with Gasteiger partial charge in [-0.2, -0.15) is 16.7 Å². The molecule has 102 valence electrons. The Morgan fingerprint density at radius 1 is 1.39 bits per heavy atom. The van der Waals surface area contributed by atoms with Crippen molar-refractivity contribution >= 4 is 23.5 Å². The predicted octanol–water partition coefficient (Wildman–Crippen LogP) is 3.03. The van der Waals surface area contributed by atoms with E-state index in [0.717, 1.165) is 18.0 Å². The monoisotopic (exact) mass is 287 g/mol. The lowest BCUT2D eigenvalue weighted by Gasteiger charge is -2.27. The van der Waals surface area contributed by atoms with Crippen LogP contribution in [0.25, 0.3) is 0 Å². The highest BCUT2D eigenvalue weighted by molar-refractivity contribution is 8.06. The van der Waals surface area contributed by atoms with Gasteiger partial charge in [-0.05, 0) is 12.3 Å². The number of hydrogen-bond donors (Lipinski definition) is 1. The summed E-state index contributed by atoms with van der Waals surface area (Å²) in [7, 11) is 0.